The highest BCUT2D eigenvalue weighted by Gasteiger charge is 2.07. The van der Waals surface area contributed by atoms with Crippen LogP contribution in [0.3, 0.4) is 0 Å². The van der Waals surface area contributed by atoms with Crippen molar-refractivity contribution in [3.05, 3.63) is 46.9 Å². The van der Waals surface area contributed by atoms with E-state index in [0.29, 0.717) is 12.2 Å². The van der Waals surface area contributed by atoms with E-state index in [2.05, 4.69) is 42.9 Å². The summed E-state index contributed by atoms with van der Waals surface area (Å²) in [5, 5.41) is 27.3. The summed E-state index contributed by atoms with van der Waals surface area (Å²) in [5.74, 6) is 1.13. The molecule has 2 heterocycles. The summed E-state index contributed by atoms with van der Waals surface area (Å²) < 4.78 is 0. The van der Waals surface area contributed by atoms with Gasteiger partial charge in [0.15, 0.2) is 5.82 Å². The number of hydrogen-bond acceptors (Lipinski definition) is 8. The van der Waals surface area contributed by atoms with E-state index in [1.54, 1.807) is 17.4 Å². The van der Waals surface area contributed by atoms with Gasteiger partial charge in [0.25, 0.3) is 0 Å². The van der Waals surface area contributed by atoms with Gasteiger partial charge in [0.2, 0.25) is 11.0 Å². The predicted molar refractivity (Wildman–Crippen MR) is 118 cm³/mol. The third-order valence-electron chi connectivity index (χ3n) is 4.11. The van der Waals surface area contributed by atoms with Gasteiger partial charge in [-0.05, 0) is 52.2 Å². The summed E-state index contributed by atoms with van der Waals surface area (Å²) in [6.07, 6.45) is 5.97. The molecule has 0 bridgehead atoms. The highest BCUT2D eigenvalue weighted by molar-refractivity contribution is 7.15. The fourth-order valence-electron chi connectivity index (χ4n) is 2.48. The molecule has 0 radical (unpaired) electrons. The van der Waals surface area contributed by atoms with Crippen molar-refractivity contribution in [2.24, 2.45) is 0 Å². The van der Waals surface area contributed by atoms with Crippen LogP contribution in [0.4, 0.5) is 10.9 Å². The van der Waals surface area contributed by atoms with Crippen molar-refractivity contribution in [1.82, 2.24) is 25.7 Å². The highest BCUT2D eigenvalue weighted by atomic mass is 32.1. The number of aryl methyl sites for hydroxylation is 2. The fourth-order valence-corrected chi connectivity index (χ4v) is 3.28. The SMILES string of the molecule is C=C(NCC)Nc1nnc(CCCCc2ccc(NC(=O)C/C(C)=C/C)nn2)s1. The van der Waals surface area contributed by atoms with Gasteiger partial charge >= 0.3 is 0 Å². The molecule has 0 unspecified atom stereocenters. The van der Waals surface area contributed by atoms with Crippen LogP contribution in [0.15, 0.2) is 36.2 Å². The molecule has 2 aromatic rings. The third-order valence-corrected chi connectivity index (χ3v) is 5.01. The Hall–Kier alpha value is -2.81. The first-order valence-corrected chi connectivity index (χ1v) is 10.6. The Morgan fingerprint density at radius 1 is 1.14 bits per heavy atom. The number of anilines is 2. The second kappa shape index (κ2) is 11.9. The second-order valence-corrected chi connectivity index (χ2v) is 7.67. The number of amides is 1. The number of aromatic nitrogens is 4. The Balaban J connectivity index is 1.69. The van der Waals surface area contributed by atoms with Crippen molar-refractivity contribution >= 4 is 28.2 Å². The monoisotopic (exact) mass is 415 g/mol. The average molecular weight is 416 g/mol. The molecule has 0 aliphatic heterocycles. The van der Waals surface area contributed by atoms with E-state index in [1.165, 1.54) is 0 Å². The van der Waals surface area contributed by atoms with Crippen molar-refractivity contribution < 1.29 is 4.79 Å². The van der Waals surface area contributed by atoms with Crippen molar-refractivity contribution in [3.8, 4) is 0 Å². The minimum Gasteiger partial charge on any atom is -0.372 e. The minimum atomic E-state index is -0.0809. The molecule has 0 fully saturated rings. The zero-order valence-corrected chi connectivity index (χ0v) is 18.1. The number of unbranched alkanes of at least 4 members (excludes halogenated alkanes) is 1. The van der Waals surface area contributed by atoms with Crippen LogP contribution in [0.5, 0.6) is 0 Å². The van der Waals surface area contributed by atoms with E-state index in [4.69, 9.17) is 0 Å². The van der Waals surface area contributed by atoms with Crippen LogP contribution in [0.2, 0.25) is 0 Å². The van der Waals surface area contributed by atoms with Crippen LogP contribution < -0.4 is 16.0 Å². The Morgan fingerprint density at radius 3 is 2.62 bits per heavy atom. The minimum absolute atomic E-state index is 0.0809. The van der Waals surface area contributed by atoms with E-state index in [9.17, 15) is 4.79 Å². The molecule has 9 heteroatoms. The summed E-state index contributed by atoms with van der Waals surface area (Å²) in [6.45, 7) is 10.5. The molecular formula is C20H29N7OS. The van der Waals surface area contributed by atoms with Gasteiger partial charge < -0.3 is 16.0 Å². The Bertz CT molecular complexity index is 830. The number of hydrogen-bond donors (Lipinski definition) is 3. The molecule has 3 N–H and O–H groups in total. The quantitative estimate of drug-likeness (QED) is 0.359. The van der Waals surface area contributed by atoms with E-state index < -0.39 is 0 Å². The van der Waals surface area contributed by atoms with Gasteiger partial charge in [-0.1, -0.05) is 29.6 Å². The normalized spacial score (nSPS) is 11.2. The summed E-state index contributed by atoms with van der Waals surface area (Å²) in [6, 6.07) is 3.70. The van der Waals surface area contributed by atoms with Crippen LogP contribution in [-0.4, -0.2) is 32.8 Å². The standard InChI is InChI=1S/C20H29N7OS/c1-5-14(3)13-18(28)23-17-12-11-16(24-25-17)9-7-8-10-19-26-27-20(29-19)22-15(4)21-6-2/h5,11-12,21H,4,6-10,13H2,1-3H3,(H,22,27)(H,23,25,28)/b14-5+. The van der Waals surface area contributed by atoms with Gasteiger partial charge in [0.05, 0.1) is 11.5 Å². The molecular weight excluding hydrogens is 386 g/mol. The molecule has 0 saturated heterocycles. The van der Waals surface area contributed by atoms with Crippen LogP contribution in [0.25, 0.3) is 0 Å². The van der Waals surface area contributed by atoms with Crippen LogP contribution in [0, 0.1) is 0 Å². The second-order valence-electron chi connectivity index (χ2n) is 6.61. The summed E-state index contributed by atoms with van der Waals surface area (Å²) in [5.41, 5.74) is 1.93. The Labute approximate surface area is 175 Å². The van der Waals surface area contributed by atoms with Gasteiger partial charge in [-0.25, -0.2) is 0 Å². The lowest BCUT2D eigenvalue weighted by molar-refractivity contribution is -0.115. The fraction of sp³-hybridized carbons (Fsp3) is 0.450. The van der Waals surface area contributed by atoms with Crippen LogP contribution in [-0.2, 0) is 17.6 Å². The Morgan fingerprint density at radius 2 is 1.93 bits per heavy atom. The highest BCUT2D eigenvalue weighted by Crippen LogP contribution is 2.18. The molecule has 0 saturated carbocycles. The number of allylic oxidation sites excluding steroid dienone is 1. The summed E-state index contributed by atoms with van der Waals surface area (Å²) in [4.78, 5) is 11.9. The summed E-state index contributed by atoms with van der Waals surface area (Å²) >= 11 is 1.54. The number of carbonyl (C=O) groups excluding carboxylic acids is 1. The van der Waals surface area contributed by atoms with Gasteiger partial charge in [-0.2, -0.15) is 5.10 Å². The molecule has 1 amide bonds. The zero-order valence-electron chi connectivity index (χ0n) is 17.3. The van der Waals surface area contributed by atoms with Crippen molar-refractivity contribution in [3.63, 3.8) is 0 Å². The largest absolute Gasteiger partial charge is 0.372 e. The van der Waals surface area contributed by atoms with Gasteiger partial charge in [0.1, 0.15) is 5.01 Å². The first-order chi connectivity index (χ1) is 14.0. The molecule has 29 heavy (non-hydrogen) atoms. The first-order valence-electron chi connectivity index (χ1n) is 9.76. The van der Waals surface area contributed by atoms with Crippen LogP contribution >= 0.6 is 11.3 Å². The molecule has 0 aliphatic rings. The maximum Gasteiger partial charge on any atom is 0.229 e. The van der Waals surface area contributed by atoms with Crippen molar-refractivity contribution in [2.75, 3.05) is 17.2 Å². The number of rotatable bonds is 12. The number of nitrogens with one attached hydrogen (secondary N) is 3. The molecule has 0 aliphatic carbocycles. The topological polar surface area (TPSA) is 105 Å². The van der Waals surface area contributed by atoms with Crippen molar-refractivity contribution in [1.29, 1.82) is 0 Å². The smallest absolute Gasteiger partial charge is 0.229 e. The molecule has 2 aromatic heterocycles. The van der Waals surface area contributed by atoms with Gasteiger partial charge in [-0.15, -0.1) is 15.3 Å². The van der Waals surface area contributed by atoms with Crippen molar-refractivity contribution in [2.45, 2.75) is 52.9 Å². The molecule has 0 atom stereocenters. The maximum absolute atomic E-state index is 11.9. The average Bonchev–Trinajstić information content (AvgIpc) is 3.13. The third kappa shape index (κ3) is 8.39. The van der Waals surface area contributed by atoms with E-state index in [0.717, 1.165) is 59.5 Å². The first kappa shape index (κ1) is 22.5. The lowest BCUT2D eigenvalue weighted by Crippen LogP contribution is -2.17. The zero-order chi connectivity index (χ0) is 21.1. The number of carbonyl (C=O) groups is 1. The van der Waals surface area contributed by atoms with E-state index in [1.807, 2.05) is 32.9 Å². The lowest BCUT2D eigenvalue weighted by atomic mass is 10.1. The number of nitrogens with zero attached hydrogens (tertiary/aromatic N) is 4. The maximum atomic E-state index is 11.9. The Kier molecular flexibility index (Phi) is 9.23. The summed E-state index contributed by atoms with van der Waals surface area (Å²) in [7, 11) is 0. The van der Waals surface area contributed by atoms with Gasteiger partial charge in [0, 0.05) is 19.4 Å². The molecule has 0 aromatic carbocycles. The van der Waals surface area contributed by atoms with E-state index >= 15 is 0 Å². The predicted octanol–water partition coefficient (Wildman–Crippen LogP) is 3.68. The van der Waals surface area contributed by atoms with Crippen LogP contribution in [0.1, 0.15) is 50.7 Å². The molecule has 2 rings (SSSR count). The van der Waals surface area contributed by atoms with E-state index in [-0.39, 0.29) is 5.91 Å². The lowest BCUT2D eigenvalue weighted by Gasteiger charge is -2.06. The molecule has 156 valence electrons. The van der Waals surface area contributed by atoms with Gasteiger partial charge in [-0.3, -0.25) is 4.79 Å². The molecule has 8 nitrogen and oxygen atoms in total. The molecule has 0 spiro atoms.